The van der Waals surface area contributed by atoms with Gasteiger partial charge in [-0.1, -0.05) is 282 Å². The second-order valence-corrected chi connectivity index (χ2v) is 29.2. The fraction of sp³-hybridized carbons (Fsp3) is 0.852. The number of unbranched alkanes of at least 4 members (excludes halogenated alkanes) is 44. The highest BCUT2D eigenvalue weighted by Crippen LogP contribution is 2.36. The third kappa shape index (κ3) is 74.6. The van der Waals surface area contributed by atoms with Gasteiger partial charge >= 0.3 is 41.1 Å². The lowest BCUT2D eigenvalue weighted by Crippen LogP contribution is -2.29. The van der Waals surface area contributed by atoms with E-state index in [1.54, 1.807) is 0 Å². The minimum absolute atomic E-state index is 0.195. The van der Waals surface area contributed by atoms with E-state index in [0.29, 0.717) is 25.7 Å². The average Bonchev–Trinajstić information content (AvgIpc) is 2.53. The molecule has 17 heteroatoms. The number of aliphatic hydroxyl groups excluding tert-OH is 1. The number of hydrogen-bond acceptors (Lipinski definition) is 15. The SMILES string of the molecule is CCCCCCCC/C=C\CCCCCCCC(=O)OC[C@H](COP(O)OCC(O)COP(O)OC[C@@H](COC(=O)CCCCCCC/C=C\CCCCCCCC)OC(=O)CCCCCCC/C=C\CCCCCCCC)OC(=O)CCCCCCC/C=C\CCCCCCCC. The number of carbonyl (C=O) groups excluding carboxylic acids is 4. The Balaban J connectivity index is 5.16. The molecule has 0 aliphatic carbocycles. The van der Waals surface area contributed by atoms with Crippen molar-refractivity contribution in [2.24, 2.45) is 0 Å². The second-order valence-electron chi connectivity index (χ2n) is 27.2. The van der Waals surface area contributed by atoms with Gasteiger partial charge in [0, 0.05) is 25.7 Å². The third-order valence-electron chi connectivity index (χ3n) is 17.5. The standard InChI is InChI=1S/C81H150O15P2/c1-5-9-13-17-21-25-29-33-37-41-45-49-53-57-61-65-78(83)89-71-76(95-80(85)67-63-59-55-51-47-43-39-35-31-27-23-19-15-11-7-3)73-93-97(87)91-69-75(82)70-92-98(88)94-74-77(96-81(86)68-64-60-56-52-48-44-40-36-32-28-24-20-16-12-8-4)72-90-79(84)66-62-58-54-50-46-42-38-34-30-26-22-18-14-10-6-2/h33-40,75-77,82,87-88H,5-32,41-74H2,1-4H3/b37-33-,38-34-,39-35-,40-36-/t75?,76-,77-,97?,98?/m1/s1. The third-order valence-corrected chi connectivity index (χ3v) is 19.0. The van der Waals surface area contributed by atoms with Crippen LogP contribution < -0.4 is 0 Å². The Labute approximate surface area is 603 Å². The van der Waals surface area contributed by atoms with E-state index in [1.165, 1.54) is 154 Å². The molecule has 98 heavy (non-hydrogen) atoms. The summed E-state index contributed by atoms with van der Waals surface area (Å²) in [5, 5.41) is 10.7. The smallest absolute Gasteiger partial charge is 0.330 e. The summed E-state index contributed by atoms with van der Waals surface area (Å²) in [5.41, 5.74) is 0. The molecule has 0 fully saturated rings. The maximum Gasteiger partial charge on any atom is 0.330 e. The van der Waals surface area contributed by atoms with Crippen LogP contribution in [-0.4, -0.2) is 96.7 Å². The van der Waals surface area contributed by atoms with Gasteiger partial charge in [0.2, 0.25) is 0 Å². The summed E-state index contributed by atoms with van der Waals surface area (Å²) in [4.78, 5) is 73.1. The molecule has 3 N–H and O–H groups in total. The second kappa shape index (κ2) is 78.6. The van der Waals surface area contributed by atoms with Crippen molar-refractivity contribution in [2.45, 2.75) is 406 Å². The van der Waals surface area contributed by atoms with Crippen LogP contribution in [0, 0.1) is 0 Å². The van der Waals surface area contributed by atoms with E-state index < -0.39 is 72.6 Å². The predicted molar refractivity (Wildman–Crippen MR) is 408 cm³/mol. The molecular formula is C81H150O15P2. The molecule has 0 spiro atoms. The fourth-order valence-corrected chi connectivity index (χ4v) is 12.7. The number of aliphatic hydroxyl groups is 1. The molecule has 0 aromatic heterocycles. The van der Waals surface area contributed by atoms with Crippen LogP contribution in [0.15, 0.2) is 48.6 Å². The molecule has 0 heterocycles. The molecule has 0 aliphatic rings. The summed E-state index contributed by atoms with van der Waals surface area (Å²) in [5.74, 6) is -1.71. The lowest BCUT2D eigenvalue weighted by Gasteiger charge is -2.21. The van der Waals surface area contributed by atoms with Crippen LogP contribution in [-0.2, 0) is 56.2 Å². The average molecular weight is 1430 g/mol. The first kappa shape index (κ1) is 95.4. The largest absolute Gasteiger partial charge is 0.462 e. The minimum atomic E-state index is -2.58. The summed E-state index contributed by atoms with van der Waals surface area (Å²) >= 11 is 0. The highest BCUT2D eigenvalue weighted by molar-refractivity contribution is 7.40. The quantitative estimate of drug-likeness (QED) is 0.0170. The fourth-order valence-electron chi connectivity index (χ4n) is 11.3. The van der Waals surface area contributed by atoms with Crippen LogP contribution >= 0.6 is 17.2 Å². The molecule has 0 aromatic rings. The van der Waals surface area contributed by atoms with E-state index >= 15 is 0 Å². The van der Waals surface area contributed by atoms with Crippen LogP contribution in [0.3, 0.4) is 0 Å². The predicted octanol–water partition coefficient (Wildman–Crippen LogP) is 23.9. The number of rotatable bonds is 78. The highest BCUT2D eigenvalue weighted by Gasteiger charge is 2.24. The first-order valence-electron chi connectivity index (χ1n) is 40.5. The van der Waals surface area contributed by atoms with Gasteiger partial charge in [0.15, 0.2) is 12.2 Å². The Kier molecular flexibility index (Phi) is 76.5. The van der Waals surface area contributed by atoms with Crippen molar-refractivity contribution in [1.29, 1.82) is 0 Å². The minimum Gasteiger partial charge on any atom is -0.462 e. The van der Waals surface area contributed by atoms with Crippen molar-refractivity contribution in [1.82, 2.24) is 0 Å². The lowest BCUT2D eigenvalue weighted by atomic mass is 10.1. The zero-order valence-corrected chi connectivity index (χ0v) is 65.1. The van der Waals surface area contributed by atoms with Gasteiger partial charge in [0.25, 0.3) is 0 Å². The summed E-state index contributed by atoms with van der Waals surface area (Å²) in [6.45, 7) is 6.95. The molecule has 0 radical (unpaired) electrons. The molecular weight excluding hydrogens is 1270 g/mol. The molecule has 0 amide bonds. The maximum absolute atomic E-state index is 13.0. The Bertz CT molecular complexity index is 1720. The Morgan fingerprint density at radius 2 is 0.459 bits per heavy atom. The van der Waals surface area contributed by atoms with Gasteiger partial charge in [-0.3, -0.25) is 19.2 Å². The molecule has 574 valence electrons. The van der Waals surface area contributed by atoms with E-state index in [1.807, 2.05) is 0 Å². The Hall–Kier alpha value is -2.58. The zero-order valence-electron chi connectivity index (χ0n) is 63.3. The number of esters is 4. The highest BCUT2D eigenvalue weighted by atomic mass is 31.2. The van der Waals surface area contributed by atoms with Crippen LogP contribution in [0.2, 0.25) is 0 Å². The van der Waals surface area contributed by atoms with Crippen molar-refractivity contribution in [2.75, 3.05) is 39.6 Å². The molecule has 2 unspecified atom stereocenters. The molecule has 15 nitrogen and oxygen atoms in total. The van der Waals surface area contributed by atoms with Crippen molar-refractivity contribution in [3.63, 3.8) is 0 Å². The van der Waals surface area contributed by atoms with Gasteiger partial charge in [-0.15, -0.1) is 0 Å². The Morgan fingerprint density at radius 3 is 0.694 bits per heavy atom. The molecule has 0 aromatic carbocycles. The molecule has 0 saturated heterocycles. The van der Waals surface area contributed by atoms with E-state index in [9.17, 15) is 34.1 Å². The maximum atomic E-state index is 13.0. The van der Waals surface area contributed by atoms with E-state index in [0.717, 1.165) is 154 Å². The van der Waals surface area contributed by atoms with Crippen LogP contribution in [0.4, 0.5) is 0 Å². The first-order valence-corrected chi connectivity index (χ1v) is 42.8. The molecule has 0 bridgehead atoms. The normalized spacial score (nSPS) is 13.5. The van der Waals surface area contributed by atoms with Crippen molar-refractivity contribution >= 4 is 41.1 Å². The van der Waals surface area contributed by atoms with Crippen LogP contribution in [0.1, 0.15) is 387 Å². The van der Waals surface area contributed by atoms with Crippen LogP contribution in [0.5, 0.6) is 0 Å². The first-order chi connectivity index (χ1) is 48.0. The van der Waals surface area contributed by atoms with Gasteiger partial charge in [-0.05, 0) is 128 Å². The van der Waals surface area contributed by atoms with Crippen molar-refractivity contribution in [3.8, 4) is 0 Å². The number of carbonyl (C=O) groups is 4. The monoisotopic (exact) mass is 1430 g/mol. The molecule has 4 atom stereocenters. The number of hydrogen-bond donors (Lipinski definition) is 3. The van der Waals surface area contributed by atoms with Gasteiger partial charge in [-0.2, -0.15) is 0 Å². The van der Waals surface area contributed by atoms with Gasteiger partial charge in [0.05, 0.1) is 26.4 Å². The Morgan fingerprint density at radius 1 is 0.265 bits per heavy atom. The van der Waals surface area contributed by atoms with Gasteiger partial charge in [0.1, 0.15) is 19.3 Å². The summed E-state index contributed by atoms with van der Waals surface area (Å²) in [7, 11) is -5.16. The topological polar surface area (TPSA) is 203 Å². The summed E-state index contributed by atoms with van der Waals surface area (Å²) in [6, 6.07) is 0. The summed E-state index contributed by atoms with van der Waals surface area (Å²) in [6.07, 6.45) is 75.6. The lowest BCUT2D eigenvalue weighted by molar-refractivity contribution is -0.161. The molecule has 0 saturated carbocycles. The van der Waals surface area contributed by atoms with E-state index in [4.69, 9.17) is 37.0 Å². The number of ether oxygens (including phenoxy) is 4. The van der Waals surface area contributed by atoms with Gasteiger partial charge in [-0.25, -0.2) is 0 Å². The van der Waals surface area contributed by atoms with Gasteiger partial charge < -0.3 is 51.9 Å². The molecule has 0 rings (SSSR count). The van der Waals surface area contributed by atoms with E-state index in [2.05, 4.69) is 76.3 Å². The summed E-state index contributed by atoms with van der Waals surface area (Å²) < 4.78 is 44.3. The number of allylic oxidation sites excluding steroid dienone is 8. The van der Waals surface area contributed by atoms with E-state index in [-0.39, 0.29) is 52.1 Å². The molecule has 0 aliphatic heterocycles. The van der Waals surface area contributed by atoms with Crippen LogP contribution in [0.25, 0.3) is 0 Å². The van der Waals surface area contributed by atoms with Crippen molar-refractivity contribution in [3.05, 3.63) is 48.6 Å². The van der Waals surface area contributed by atoms with Crippen molar-refractivity contribution < 1.29 is 71.1 Å². The zero-order chi connectivity index (χ0) is 71.4.